The van der Waals surface area contributed by atoms with Gasteiger partial charge in [-0.25, -0.2) is 4.68 Å². The molecule has 134 valence electrons. The zero-order chi connectivity index (χ0) is 18.2. The summed E-state index contributed by atoms with van der Waals surface area (Å²) in [4.78, 5) is 13.3. The topological polar surface area (TPSA) is 77.0 Å². The minimum atomic E-state index is -4.50. The summed E-state index contributed by atoms with van der Waals surface area (Å²) >= 11 is 0. The molecule has 1 fully saturated rings. The van der Waals surface area contributed by atoms with Gasteiger partial charge in [0, 0.05) is 12.6 Å². The highest BCUT2D eigenvalue weighted by Crippen LogP contribution is 2.32. The van der Waals surface area contributed by atoms with Crippen molar-refractivity contribution in [1.82, 2.24) is 19.9 Å². The van der Waals surface area contributed by atoms with Crippen LogP contribution in [0.3, 0.4) is 0 Å². The van der Waals surface area contributed by atoms with Crippen LogP contribution in [0.5, 0.6) is 0 Å². The summed E-state index contributed by atoms with van der Waals surface area (Å²) in [5, 5.41) is 7.61. The van der Waals surface area contributed by atoms with Crippen molar-refractivity contribution in [3.8, 4) is 5.69 Å². The van der Waals surface area contributed by atoms with Crippen LogP contribution in [-0.4, -0.2) is 50.6 Å². The largest absolute Gasteiger partial charge is 0.408 e. The molecule has 9 heteroatoms. The minimum absolute atomic E-state index is 0.134. The maximum Gasteiger partial charge on any atom is 0.408 e. The molecule has 0 radical (unpaired) electrons. The van der Waals surface area contributed by atoms with Crippen LogP contribution >= 0.6 is 0 Å². The summed E-state index contributed by atoms with van der Waals surface area (Å²) in [5.74, 6) is -0.809. The van der Waals surface area contributed by atoms with Crippen molar-refractivity contribution in [2.45, 2.75) is 38.0 Å². The Morgan fingerprint density at radius 2 is 2.08 bits per heavy atom. The Morgan fingerprint density at radius 1 is 1.32 bits per heavy atom. The molecule has 2 N–H and O–H groups in total. The van der Waals surface area contributed by atoms with Crippen LogP contribution in [0.1, 0.15) is 28.9 Å². The van der Waals surface area contributed by atoms with Gasteiger partial charge >= 0.3 is 6.18 Å². The third kappa shape index (κ3) is 3.65. The van der Waals surface area contributed by atoms with Crippen LogP contribution < -0.4 is 5.73 Å². The van der Waals surface area contributed by atoms with E-state index in [1.165, 1.54) is 10.9 Å². The fraction of sp³-hybridized carbons (Fsp3) is 0.438. The molecule has 0 saturated carbocycles. The van der Waals surface area contributed by atoms with Crippen molar-refractivity contribution >= 4 is 5.91 Å². The van der Waals surface area contributed by atoms with Gasteiger partial charge in [-0.1, -0.05) is 17.3 Å². The molecule has 25 heavy (non-hydrogen) atoms. The number of rotatable bonds is 2. The molecule has 1 saturated heterocycles. The Morgan fingerprint density at radius 3 is 2.76 bits per heavy atom. The number of carbonyl (C=O) groups is 1. The summed E-state index contributed by atoms with van der Waals surface area (Å²) in [6, 6.07) is 4.99. The summed E-state index contributed by atoms with van der Waals surface area (Å²) < 4.78 is 41.1. The second-order valence-corrected chi connectivity index (χ2v) is 6.24. The van der Waals surface area contributed by atoms with Crippen LogP contribution in [0.15, 0.2) is 30.5 Å². The number of aromatic nitrogens is 3. The average molecular weight is 353 g/mol. The predicted octanol–water partition coefficient (Wildman–Crippen LogP) is 2.07. The van der Waals surface area contributed by atoms with E-state index < -0.39 is 24.2 Å². The highest BCUT2D eigenvalue weighted by molar-refractivity contribution is 5.92. The molecule has 6 nitrogen and oxygen atoms in total. The maximum absolute atomic E-state index is 13.2. The van der Waals surface area contributed by atoms with Crippen molar-refractivity contribution in [3.05, 3.63) is 41.7 Å². The molecule has 0 aliphatic carbocycles. The van der Waals surface area contributed by atoms with Crippen LogP contribution in [0.2, 0.25) is 0 Å². The number of hydrogen-bond acceptors (Lipinski definition) is 4. The molecule has 1 aromatic heterocycles. The van der Waals surface area contributed by atoms with E-state index in [0.717, 1.165) is 10.5 Å². The standard InChI is InChI=1S/C16H18F3N5O/c1-10-3-2-4-12(7-10)24-9-13(21-22-24)15(25)23-8-11(20)5-6-14(23)16(17,18)19/h2-4,7,9,11,14H,5-6,8,20H2,1H3/t11-,14-/m0/s1. The second kappa shape index (κ2) is 6.47. The number of hydrogen-bond donors (Lipinski definition) is 1. The van der Waals surface area contributed by atoms with Crippen LogP contribution in [0, 0.1) is 6.92 Å². The average Bonchev–Trinajstić information content (AvgIpc) is 3.03. The number of carbonyl (C=O) groups excluding carboxylic acids is 1. The Kier molecular flexibility index (Phi) is 4.51. The van der Waals surface area contributed by atoms with Gasteiger partial charge in [-0.05, 0) is 37.5 Å². The SMILES string of the molecule is Cc1cccc(-n2cc(C(=O)N3C[C@@H](N)CC[C@H]3C(F)(F)F)nn2)c1. The van der Waals surface area contributed by atoms with E-state index in [-0.39, 0.29) is 25.1 Å². The van der Waals surface area contributed by atoms with Gasteiger partial charge in [0.25, 0.3) is 5.91 Å². The molecule has 1 aliphatic heterocycles. The number of piperidine rings is 1. The number of nitrogens with zero attached hydrogens (tertiary/aromatic N) is 4. The summed E-state index contributed by atoms with van der Waals surface area (Å²) in [7, 11) is 0. The van der Waals surface area contributed by atoms with Gasteiger partial charge < -0.3 is 10.6 Å². The normalized spacial score (nSPS) is 21.4. The predicted molar refractivity (Wildman–Crippen MR) is 84.2 cm³/mol. The highest BCUT2D eigenvalue weighted by atomic mass is 19.4. The molecule has 0 unspecified atom stereocenters. The number of benzene rings is 1. The van der Waals surface area contributed by atoms with E-state index in [9.17, 15) is 18.0 Å². The molecule has 2 heterocycles. The fourth-order valence-corrected chi connectivity index (χ4v) is 2.97. The zero-order valence-corrected chi connectivity index (χ0v) is 13.6. The molecule has 2 aromatic rings. The number of likely N-dealkylation sites (tertiary alicyclic amines) is 1. The summed E-state index contributed by atoms with van der Waals surface area (Å²) in [5.41, 5.74) is 7.28. The van der Waals surface area contributed by atoms with Crippen molar-refractivity contribution in [3.63, 3.8) is 0 Å². The molecule has 0 bridgehead atoms. The third-order valence-electron chi connectivity index (χ3n) is 4.24. The Bertz CT molecular complexity index is 773. The van der Waals surface area contributed by atoms with Gasteiger partial charge in [0.2, 0.25) is 0 Å². The van der Waals surface area contributed by atoms with Gasteiger partial charge in [0.05, 0.1) is 11.9 Å². The molecule has 3 rings (SSSR count). The second-order valence-electron chi connectivity index (χ2n) is 6.24. The molecule has 2 atom stereocenters. The van der Waals surface area contributed by atoms with Gasteiger partial charge in [0.15, 0.2) is 5.69 Å². The van der Waals surface area contributed by atoms with E-state index in [2.05, 4.69) is 10.3 Å². The van der Waals surface area contributed by atoms with Gasteiger partial charge in [0.1, 0.15) is 6.04 Å². The van der Waals surface area contributed by atoms with E-state index in [4.69, 9.17) is 5.73 Å². The quantitative estimate of drug-likeness (QED) is 0.897. The number of halogens is 3. The minimum Gasteiger partial charge on any atom is -0.326 e. The first kappa shape index (κ1) is 17.4. The van der Waals surface area contributed by atoms with Gasteiger partial charge in [-0.3, -0.25) is 4.79 Å². The first-order chi connectivity index (χ1) is 11.8. The van der Waals surface area contributed by atoms with Crippen LogP contribution in [0.4, 0.5) is 13.2 Å². The molecule has 0 spiro atoms. The van der Waals surface area contributed by atoms with E-state index in [1.807, 2.05) is 25.1 Å². The molecular formula is C16H18F3N5O. The molecule has 1 aromatic carbocycles. The first-order valence-electron chi connectivity index (χ1n) is 7.88. The number of amides is 1. The van der Waals surface area contributed by atoms with E-state index >= 15 is 0 Å². The van der Waals surface area contributed by atoms with Gasteiger partial charge in [-0.15, -0.1) is 5.10 Å². The Labute approximate surface area is 142 Å². The lowest BCUT2D eigenvalue weighted by molar-refractivity contribution is -0.184. The van der Waals surface area contributed by atoms with Crippen LogP contribution in [0.25, 0.3) is 5.69 Å². The lowest BCUT2D eigenvalue weighted by Gasteiger charge is -2.38. The van der Waals surface area contributed by atoms with Crippen molar-refractivity contribution < 1.29 is 18.0 Å². The van der Waals surface area contributed by atoms with Crippen molar-refractivity contribution in [1.29, 1.82) is 0 Å². The summed E-state index contributed by atoms with van der Waals surface area (Å²) in [6.45, 7) is 1.75. The fourth-order valence-electron chi connectivity index (χ4n) is 2.97. The number of aryl methyl sites for hydroxylation is 1. The van der Waals surface area contributed by atoms with Gasteiger partial charge in [-0.2, -0.15) is 13.2 Å². The first-order valence-corrected chi connectivity index (χ1v) is 7.88. The Balaban J connectivity index is 1.87. The lowest BCUT2D eigenvalue weighted by Crippen LogP contribution is -2.56. The van der Waals surface area contributed by atoms with E-state index in [0.29, 0.717) is 5.69 Å². The molecule has 1 amide bonds. The number of alkyl halides is 3. The van der Waals surface area contributed by atoms with Crippen LogP contribution in [-0.2, 0) is 0 Å². The van der Waals surface area contributed by atoms with E-state index in [1.54, 1.807) is 6.07 Å². The van der Waals surface area contributed by atoms with Crippen molar-refractivity contribution in [2.75, 3.05) is 6.54 Å². The highest BCUT2D eigenvalue weighted by Gasteiger charge is 2.48. The number of nitrogens with two attached hydrogens (primary N) is 1. The summed E-state index contributed by atoms with van der Waals surface area (Å²) in [6.07, 6.45) is -3.14. The maximum atomic E-state index is 13.2. The third-order valence-corrected chi connectivity index (χ3v) is 4.24. The molecule has 1 aliphatic rings. The molecular weight excluding hydrogens is 335 g/mol. The zero-order valence-electron chi connectivity index (χ0n) is 13.6. The monoisotopic (exact) mass is 353 g/mol. The Hall–Kier alpha value is -2.42. The lowest BCUT2D eigenvalue weighted by atomic mass is 9.98. The smallest absolute Gasteiger partial charge is 0.326 e. The van der Waals surface area contributed by atoms with Crippen molar-refractivity contribution in [2.24, 2.45) is 5.73 Å².